The lowest BCUT2D eigenvalue weighted by atomic mass is 9.88. The number of rotatable bonds is 2. The van der Waals surface area contributed by atoms with E-state index in [0.29, 0.717) is 12.1 Å². The number of fused-ring (bicyclic) bond motifs is 2. The molecule has 0 saturated carbocycles. The van der Waals surface area contributed by atoms with Gasteiger partial charge in [0.05, 0.1) is 27.8 Å². The van der Waals surface area contributed by atoms with Crippen LogP contribution in [-0.4, -0.2) is 4.98 Å². The maximum Gasteiger partial charge on any atom is 0.213 e. The highest BCUT2D eigenvalue weighted by Crippen LogP contribution is 2.57. The Bertz CT molecular complexity index is 2620. The van der Waals surface area contributed by atoms with E-state index in [2.05, 4.69) is 4.98 Å². The van der Waals surface area contributed by atoms with Crippen molar-refractivity contribution in [3.05, 3.63) is 109 Å². The average molecular weight is 628 g/mol. The second-order valence-electron chi connectivity index (χ2n) is 9.56. The second-order valence-corrected chi connectivity index (χ2v) is 9.56. The fraction of sp³-hybridized carbons (Fsp3) is 0. The smallest absolute Gasteiger partial charge is 0.213 e. The van der Waals surface area contributed by atoms with Gasteiger partial charge in [-0.25, -0.2) is 18.2 Å². The number of allylic oxidation sites excluding steroid dienone is 8. The Morgan fingerprint density at radius 2 is 0.938 bits per heavy atom. The number of benzene rings is 2. The van der Waals surface area contributed by atoms with Crippen LogP contribution >= 0.6 is 0 Å². The molecule has 3 aromatic rings. The highest BCUT2D eigenvalue weighted by molar-refractivity contribution is 6.30. The molecule has 0 radical (unpaired) electrons. The van der Waals surface area contributed by atoms with Gasteiger partial charge in [-0.1, -0.05) is 0 Å². The number of aromatic nitrogens is 1. The molecule has 14 heteroatoms. The summed E-state index contributed by atoms with van der Waals surface area (Å²) in [5.41, 5.74) is -12.6. The van der Waals surface area contributed by atoms with Crippen LogP contribution in [0.25, 0.3) is 33.4 Å². The van der Waals surface area contributed by atoms with Gasteiger partial charge in [-0.2, -0.15) is 51.7 Å². The fourth-order valence-corrected chi connectivity index (χ4v) is 5.59. The first-order valence-corrected chi connectivity index (χ1v) is 12.8. The van der Waals surface area contributed by atoms with E-state index in [1.807, 2.05) is 0 Å². The molecule has 5 rings (SSSR count). The van der Waals surface area contributed by atoms with E-state index in [-0.39, 0.29) is 0 Å². The molecule has 0 N–H and O–H groups in total. The van der Waals surface area contributed by atoms with E-state index in [1.54, 1.807) is 30.3 Å². The largest absolute Gasteiger partial charge is 0.227 e. The first-order valence-electron chi connectivity index (χ1n) is 12.8. The van der Waals surface area contributed by atoms with Crippen molar-refractivity contribution in [2.75, 3.05) is 0 Å². The van der Waals surface area contributed by atoms with Crippen molar-refractivity contribution in [1.82, 2.24) is 4.98 Å². The Morgan fingerprint density at radius 3 is 1.35 bits per heavy atom. The summed E-state index contributed by atoms with van der Waals surface area (Å²) in [7, 11) is 0. The van der Waals surface area contributed by atoms with Crippen molar-refractivity contribution in [2.24, 2.45) is 0 Å². The number of halogens is 4. The standard InChI is InChI=1S/C34H4F4N10/c35-23-2-15(5-40)14(4-39)1-20(23)28-22(12-47)30-32(26(28)17(8-43)9-44)33(37)29-21(11-46)27(19-3-24(36)48-13-18(19)10-45)25(16(6-41)7-42)31(29)34(30)38/h1-3,13H. The molecule has 2 aliphatic carbocycles. The van der Waals surface area contributed by atoms with E-state index in [1.165, 1.54) is 24.3 Å². The van der Waals surface area contributed by atoms with Crippen LogP contribution in [0.15, 0.2) is 35.5 Å². The van der Waals surface area contributed by atoms with Crippen molar-refractivity contribution >= 4 is 33.4 Å². The Kier molecular flexibility index (Phi) is 7.55. The van der Waals surface area contributed by atoms with Gasteiger partial charge in [-0.15, -0.1) is 0 Å². The lowest BCUT2D eigenvalue weighted by Crippen LogP contribution is -2.05. The molecule has 1 aromatic heterocycles. The molecule has 218 valence electrons. The van der Waals surface area contributed by atoms with Crippen LogP contribution in [0, 0.1) is 125 Å². The summed E-state index contributed by atoms with van der Waals surface area (Å²) in [5, 5.41) is 88.4. The highest BCUT2D eigenvalue weighted by Gasteiger charge is 2.45. The zero-order valence-corrected chi connectivity index (χ0v) is 23.3. The molecule has 0 aliphatic heterocycles. The zero-order valence-electron chi connectivity index (χ0n) is 23.3. The molecule has 10 nitrogen and oxygen atoms in total. The predicted molar refractivity (Wildman–Crippen MR) is 152 cm³/mol. The minimum absolute atomic E-state index is 0.422. The van der Waals surface area contributed by atoms with Crippen LogP contribution in [0.2, 0.25) is 0 Å². The van der Waals surface area contributed by atoms with Crippen molar-refractivity contribution in [3.8, 4) is 54.6 Å². The average Bonchev–Trinajstić information content (AvgIpc) is 3.62. The summed E-state index contributed by atoms with van der Waals surface area (Å²) >= 11 is 0. The molecule has 0 atom stereocenters. The molecule has 0 unspecified atom stereocenters. The quantitative estimate of drug-likeness (QED) is 0.189. The summed E-state index contributed by atoms with van der Waals surface area (Å²) in [5.74, 6) is -5.61. The molecule has 0 bridgehead atoms. The fourth-order valence-electron chi connectivity index (χ4n) is 5.59. The van der Waals surface area contributed by atoms with Crippen LogP contribution in [-0.2, 0) is 0 Å². The topological polar surface area (TPSA) is 227 Å². The van der Waals surface area contributed by atoms with Gasteiger partial charge in [0, 0.05) is 67.9 Å². The van der Waals surface area contributed by atoms with Crippen LogP contribution in [0.5, 0.6) is 0 Å². The molecule has 2 aliphatic rings. The Hall–Kier alpha value is -8.32. The molecule has 48 heavy (non-hydrogen) atoms. The lowest BCUT2D eigenvalue weighted by Gasteiger charge is -2.14. The minimum Gasteiger partial charge on any atom is -0.227 e. The Morgan fingerprint density at radius 1 is 0.500 bits per heavy atom. The minimum atomic E-state index is -1.57. The van der Waals surface area contributed by atoms with Crippen LogP contribution < -0.4 is 0 Å². The van der Waals surface area contributed by atoms with Gasteiger partial charge in [-0.3, -0.25) is 0 Å². The van der Waals surface area contributed by atoms with E-state index >= 15 is 13.2 Å². The first kappa shape index (κ1) is 31.1. The van der Waals surface area contributed by atoms with Gasteiger partial charge in [-0.05, 0) is 12.1 Å². The van der Waals surface area contributed by atoms with Crippen molar-refractivity contribution < 1.29 is 17.6 Å². The molecule has 1 heterocycles. The van der Waals surface area contributed by atoms with Gasteiger partial charge in [0.2, 0.25) is 5.95 Å². The normalized spacial score (nSPS) is 12.1. The number of hydrogen-bond acceptors (Lipinski definition) is 10. The van der Waals surface area contributed by atoms with Gasteiger partial charge in [0.25, 0.3) is 0 Å². The van der Waals surface area contributed by atoms with Gasteiger partial charge < -0.3 is 0 Å². The molecular formula is C34H4F4N10. The highest BCUT2D eigenvalue weighted by atomic mass is 19.1. The third-order valence-electron chi connectivity index (χ3n) is 7.43. The molecule has 0 fully saturated rings. The number of hydrogen-bond donors (Lipinski definition) is 0. The number of nitrogens with zero attached hydrogens (tertiary/aromatic N) is 10. The van der Waals surface area contributed by atoms with Crippen LogP contribution in [0.4, 0.5) is 17.6 Å². The summed E-state index contributed by atoms with van der Waals surface area (Å²) in [6, 6.07) is 16.1. The molecular weight excluding hydrogens is 624 g/mol. The van der Waals surface area contributed by atoms with Gasteiger partial charge >= 0.3 is 0 Å². The Balaban J connectivity index is 2.07. The molecule has 0 spiro atoms. The summed E-state index contributed by atoms with van der Waals surface area (Å²) in [6.45, 7) is 0. The van der Waals surface area contributed by atoms with E-state index < -0.39 is 118 Å². The van der Waals surface area contributed by atoms with Crippen molar-refractivity contribution in [3.63, 3.8) is 0 Å². The molecule has 0 amide bonds. The number of nitriles is 9. The van der Waals surface area contributed by atoms with Gasteiger partial charge in [0.15, 0.2) is 0 Å². The lowest BCUT2D eigenvalue weighted by molar-refractivity contribution is 0.583. The van der Waals surface area contributed by atoms with E-state index in [0.717, 1.165) is 12.3 Å². The maximum atomic E-state index is 17.1. The van der Waals surface area contributed by atoms with Crippen molar-refractivity contribution in [2.45, 2.75) is 0 Å². The van der Waals surface area contributed by atoms with Crippen LogP contribution in [0.3, 0.4) is 0 Å². The molecule has 2 aromatic carbocycles. The van der Waals surface area contributed by atoms with E-state index in [4.69, 9.17) is 0 Å². The predicted octanol–water partition coefficient (Wildman–Crippen LogP) is 5.75. The summed E-state index contributed by atoms with van der Waals surface area (Å²) in [4.78, 5) is 3.35. The summed E-state index contributed by atoms with van der Waals surface area (Å²) < 4.78 is 64.1. The maximum absolute atomic E-state index is 17.1. The zero-order chi connectivity index (χ0) is 35.0. The van der Waals surface area contributed by atoms with Gasteiger partial charge in [0.1, 0.15) is 83.2 Å². The third-order valence-corrected chi connectivity index (χ3v) is 7.43. The second kappa shape index (κ2) is 11.6. The Labute approximate surface area is 266 Å². The number of pyridine rings is 1. The van der Waals surface area contributed by atoms with Crippen molar-refractivity contribution in [1.29, 1.82) is 47.4 Å². The monoisotopic (exact) mass is 628 g/mol. The SMILES string of the molecule is N#CC(C#N)=C1C(c2cc(C#N)c(C#N)cc2F)=C(C#N)c2c(F)c3c(c(F)c21)C(C#N)=C(c1cc(F)ncc1C#N)C3=C(C#N)C#N. The van der Waals surface area contributed by atoms with Crippen LogP contribution in [0.1, 0.15) is 50.1 Å². The first-order chi connectivity index (χ1) is 23.1. The molecule has 0 saturated heterocycles. The third kappa shape index (κ3) is 4.14. The summed E-state index contributed by atoms with van der Waals surface area (Å²) in [6.07, 6.45) is 0.746. The van der Waals surface area contributed by atoms with E-state index in [9.17, 15) is 51.7 Å².